The molecule has 0 radical (unpaired) electrons. The summed E-state index contributed by atoms with van der Waals surface area (Å²) in [7, 11) is 0. The number of aromatic nitrogens is 2. The monoisotopic (exact) mass is 344 g/mol. The average molecular weight is 344 g/mol. The van der Waals surface area contributed by atoms with Crippen LogP contribution in [-0.2, 0) is 9.47 Å². The van der Waals surface area contributed by atoms with Gasteiger partial charge in [-0.2, -0.15) is 4.98 Å². The van der Waals surface area contributed by atoms with Crippen molar-refractivity contribution in [2.45, 2.75) is 50.7 Å². The Hall–Kier alpha value is -1.66. The van der Waals surface area contributed by atoms with Gasteiger partial charge in [0, 0.05) is 38.7 Å². The largest absolute Gasteiger partial charge is 0.356 e. The van der Waals surface area contributed by atoms with Gasteiger partial charge in [-0.1, -0.05) is 11.6 Å². The SMILES string of the molecule is C1=C(CCNc2nccc(N3CCC4(CC3)OCCO4)n2)CCCC1. The summed E-state index contributed by atoms with van der Waals surface area (Å²) in [6.45, 7) is 4.16. The maximum Gasteiger partial charge on any atom is 0.224 e. The van der Waals surface area contributed by atoms with Crippen molar-refractivity contribution in [3.8, 4) is 0 Å². The second kappa shape index (κ2) is 7.70. The lowest BCUT2D eigenvalue weighted by molar-refractivity contribution is -0.169. The Bertz CT molecular complexity index is 603. The smallest absolute Gasteiger partial charge is 0.224 e. The molecule has 1 aliphatic carbocycles. The maximum absolute atomic E-state index is 5.80. The minimum absolute atomic E-state index is 0.335. The lowest BCUT2D eigenvalue weighted by Crippen LogP contribution is -2.45. The number of allylic oxidation sites excluding steroid dienone is 1. The zero-order chi connectivity index (χ0) is 17.0. The number of nitrogens with one attached hydrogen (secondary N) is 1. The van der Waals surface area contributed by atoms with E-state index >= 15 is 0 Å². The molecule has 1 N–H and O–H groups in total. The Kier molecular flexibility index (Phi) is 5.17. The van der Waals surface area contributed by atoms with Crippen LogP contribution in [-0.4, -0.2) is 48.6 Å². The summed E-state index contributed by atoms with van der Waals surface area (Å²) in [5.74, 6) is 1.38. The molecule has 0 aromatic carbocycles. The third-order valence-electron chi connectivity index (χ3n) is 5.42. The normalized spacial score (nSPS) is 22.9. The van der Waals surface area contributed by atoms with Crippen LogP contribution in [0.4, 0.5) is 11.8 Å². The number of piperidine rings is 1. The van der Waals surface area contributed by atoms with Crippen molar-refractivity contribution in [2.75, 3.05) is 43.1 Å². The number of ether oxygens (including phenoxy) is 2. The highest BCUT2D eigenvalue weighted by Gasteiger charge is 2.40. The van der Waals surface area contributed by atoms with E-state index < -0.39 is 0 Å². The van der Waals surface area contributed by atoms with Crippen LogP contribution >= 0.6 is 0 Å². The van der Waals surface area contributed by atoms with E-state index in [0.29, 0.717) is 0 Å². The second-order valence-corrected chi connectivity index (χ2v) is 7.12. The van der Waals surface area contributed by atoms with Crippen molar-refractivity contribution in [1.82, 2.24) is 9.97 Å². The Labute approximate surface area is 149 Å². The molecule has 0 saturated carbocycles. The molecule has 3 heterocycles. The third-order valence-corrected chi connectivity index (χ3v) is 5.42. The van der Waals surface area contributed by atoms with Crippen molar-refractivity contribution < 1.29 is 9.47 Å². The first-order valence-corrected chi connectivity index (χ1v) is 9.61. The summed E-state index contributed by atoms with van der Waals surface area (Å²) in [5.41, 5.74) is 1.58. The van der Waals surface area contributed by atoms with Gasteiger partial charge in [-0.25, -0.2) is 4.98 Å². The number of hydrogen-bond acceptors (Lipinski definition) is 6. The van der Waals surface area contributed by atoms with Crippen LogP contribution in [0.1, 0.15) is 44.9 Å². The summed E-state index contributed by atoms with van der Waals surface area (Å²) in [4.78, 5) is 11.4. The Morgan fingerprint density at radius 3 is 2.76 bits per heavy atom. The molecule has 2 fully saturated rings. The molecule has 25 heavy (non-hydrogen) atoms. The predicted molar refractivity (Wildman–Crippen MR) is 97.8 cm³/mol. The van der Waals surface area contributed by atoms with E-state index in [1.165, 1.54) is 25.7 Å². The number of rotatable bonds is 5. The lowest BCUT2D eigenvalue weighted by atomic mass is 9.97. The lowest BCUT2D eigenvalue weighted by Gasteiger charge is -2.38. The molecule has 6 nitrogen and oxygen atoms in total. The topological polar surface area (TPSA) is 59.5 Å². The molecule has 1 aromatic heterocycles. The minimum Gasteiger partial charge on any atom is -0.356 e. The van der Waals surface area contributed by atoms with Crippen molar-refractivity contribution in [1.29, 1.82) is 0 Å². The molecule has 1 aromatic rings. The van der Waals surface area contributed by atoms with E-state index in [9.17, 15) is 0 Å². The van der Waals surface area contributed by atoms with Crippen LogP contribution in [0.5, 0.6) is 0 Å². The predicted octanol–water partition coefficient (Wildman–Crippen LogP) is 3.12. The van der Waals surface area contributed by atoms with Gasteiger partial charge in [0.15, 0.2) is 5.79 Å². The highest BCUT2D eigenvalue weighted by Crippen LogP contribution is 2.32. The number of nitrogens with zero attached hydrogens (tertiary/aromatic N) is 3. The molecule has 0 atom stereocenters. The van der Waals surface area contributed by atoms with E-state index in [0.717, 1.165) is 63.9 Å². The summed E-state index contributed by atoms with van der Waals surface area (Å²) >= 11 is 0. The van der Waals surface area contributed by atoms with Crippen LogP contribution in [0.15, 0.2) is 23.9 Å². The highest BCUT2D eigenvalue weighted by atomic mass is 16.7. The van der Waals surface area contributed by atoms with Crippen LogP contribution in [0, 0.1) is 0 Å². The van der Waals surface area contributed by atoms with Gasteiger partial charge >= 0.3 is 0 Å². The molecule has 136 valence electrons. The molecular formula is C19H28N4O2. The summed E-state index contributed by atoms with van der Waals surface area (Å²) in [6.07, 6.45) is 12.3. The Morgan fingerprint density at radius 1 is 1.16 bits per heavy atom. The van der Waals surface area contributed by atoms with Gasteiger partial charge < -0.3 is 19.7 Å². The molecule has 3 aliphatic rings. The summed E-state index contributed by atoms with van der Waals surface area (Å²) in [6, 6.07) is 1.99. The van der Waals surface area contributed by atoms with E-state index in [1.54, 1.807) is 5.57 Å². The molecular weight excluding hydrogens is 316 g/mol. The standard InChI is InChI=1S/C19H28N4O2/c1-2-4-16(5-3-1)6-10-20-18-21-11-7-17(22-18)23-12-8-19(9-13-23)24-14-15-25-19/h4,7,11H,1-3,5-6,8-10,12-15H2,(H,20,21,22). The molecule has 0 unspecified atom stereocenters. The zero-order valence-corrected chi connectivity index (χ0v) is 14.9. The van der Waals surface area contributed by atoms with Crippen molar-refractivity contribution in [3.05, 3.63) is 23.9 Å². The third kappa shape index (κ3) is 4.12. The number of hydrogen-bond donors (Lipinski definition) is 1. The van der Waals surface area contributed by atoms with Gasteiger partial charge in [0.05, 0.1) is 13.2 Å². The van der Waals surface area contributed by atoms with Gasteiger partial charge in [0.1, 0.15) is 5.82 Å². The van der Waals surface area contributed by atoms with Crippen LogP contribution in [0.3, 0.4) is 0 Å². The summed E-state index contributed by atoms with van der Waals surface area (Å²) < 4.78 is 11.6. The Balaban J connectivity index is 1.30. The van der Waals surface area contributed by atoms with Crippen molar-refractivity contribution in [2.24, 2.45) is 0 Å². The van der Waals surface area contributed by atoms with Gasteiger partial charge in [0.2, 0.25) is 5.95 Å². The molecule has 0 bridgehead atoms. The quantitative estimate of drug-likeness (QED) is 0.828. The van der Waals surface area contributed by atoms with Crippen molar-refractivity contribution in [3.63, 3.8) is 0 Å². The van der Waals surface area contributed by atoms with Gasteiger partial charge in [-0.05, 0) is 38.2 Å². The molecule has 1 spiro atoms. The maximum atomic E-state index is 5.80. The first-order chi connectivity index (χ1) is 12.3. The van der Waals surface area contributed by atoms with E-state index in [4.69, 9.17) is 14.5 Å². The first-order valence-electron chi connectivity index (χ1n) is 9.61. The molecule has 2 aliphatic heterocycles. The molecule has 6 heteroatoms. The Morgan fingerprint density at radius 2 is 2.00 bits per heavy atom. The fraction of sp³-hybridized carbons (Fsp3) is 0.684. The van der Waals surface area contributed by atoms with E-state index in [-0.39, 0.29) is 5.79 Å². The molecule has 2 saturated heterocycles. The van der Waals surface area contributed by atoms with Gasteiger partial charge in [0.25, 0.3) is 0 Å². The minimum atomic E-state index is -0.335. The van der Waals surface area contributed by atoms with E-state index in [2.05, 4.69) is 21.3 Å². The fourth-order valence-electron chi connectivity index (χ4n) is 3.94. The van der Waals surface area contributed by atoms with Crippen molar-refractivity contribution >= 4 is 11.8 Å². The van der Waals surface area contributed by atoms with Crippen LogP contribution < -0.4 is 10.2 Å². The number of anilines is 2. The average Bonchev–Trinajstić information content (AvgIpc) is 3.12. The fourth-order valence-corrected chi connectivity index (χ4v) is 3.94. The molecule has 4 rings (SSSR count). The van der Waals surface area contributed by atoms with Crippen LogP contribution in [0.2, 0.25) is 0 Å². The van der Waals surface area contributed by atoms with E-state index in [1.807, 2.05) is 12.3 Å². The second-order valence-electron chi connectivity index (χ2n) is 7.12. The first kappa shape index (κ1) is 16.8. The summed E-state index contributed by atoms with van der Waals surface area (Å²) in [5, 5.41) is 3.38. The molecule has 0 amide bonds. The van der Waals surface area contributed by atoms with Gasteiger partial charge in [-0.15, -0.1) is 0 Å². The highest BCUT2D eigenvalue weighted by molar-refractivity contribution is 5.43. The zero-order valence-electron chi connectivity index (χ0n) is 14.9. The van der Waals surface area contributed by atoms with Crippen LogP contribution in [0.25, 0.3) is 0 Å². The van der Waals surface area contributed by atoms with Gasteiger partial charge in [-0.3, -0.25) is 0 Å².